The topological polar surface area (TPSA) is 32.3 Å². The van der Waals surface area contributed by atoms with Gasteiger partial charge in [0, 0.05) is 25.0 Å². The van der Waals surface area contributed by atoms with Crippen LogP contribution in [0.4, 0.5) is 0 Å². The molecule has 0 bridgehead atoms. The molecule has 19 heavy (non-hydrogen) atoms. The quantitative estimate of drug-likeness (QED) is 0.866. The molecule has 0 radical (unpaired) electrons. The number of carbonyl (C=O) groups is 1. The van der Waals surface area contributed by atoms with Gasteiger partial charge in [-0.25, -0.2) is 0 Å². The lowest BCUT2D eigenvalue weighted by molar-refractivity contribution is -0.142. The summed E-state index contributed by atoms with van der Waals surface area (Å²) in [6, 6.07) is 0. The summed E-state index contributed by atoms with van der Waals surface area (Å²) < 4.78 is 0. The fraction of sp³-hybridized carbons (Fsp3) is 0.933. The smallest absolute Gasteiger partial charge is 0.228 e. The summed E-state index contributed by atoms with van der Waals surface area (Å²) >= 11 is 0. The first-order valence-electron chi connectivity index (χ1n) is 7.64. The summed E-state index contributed by atoms with van der Waals surface area (Å²) in [5, 5.41) is 3.38. The van der Waals surface area contributed by atoms with E-state index in [0.717, 1.165) is 51.9 Å². The molecule has 2 rings (SSSR count). The summed E-state index contributed by atoms with van der Waals surface area (Å²) in [6.45, 7) is 8.36. The molecule has 1 aliphatic carbocycles. The molecule has 1 amide bonds. The predicted molar refractivity (Wildman–Crippen MR) is 81.7 cm³/mol. The average Bonchev–Trinajstić information content (AvgIpc) is 2.64. The largest absolute Gasteiger partial charge is 0.341 e. The highest BCUT2D eigenvalue weighted by molar-refractivity contribution is 5.85. The van der Waals surface area contributed by atoms with E-state index < -0.39 is 0 Å². The second-order valence-corrected chi connectivity index (χ2v) is 6.48. The van der Waals surface area contributed by atoms with Crippen LogP contribution in [0, 0.1) is 11.3 Å². The first-order chi connectivity index (χ1) is 8.64. The highest BCUT2D eigenvalue weighted by atomic mass is 35.5. The van der Waals surface area contributed by atoms with Gasteiger partial charge in [0.05, 0.1) is 0 Å². The standard InChI is InChI=1S/C15H28N2O.ClH/c1-13(2)12-15(6-3-4-7-15)14(18)17-10-5-8-16-9-11-17;/h13,16H,3-12H2,1-2H3;1H. The minimum Gasteiger partial charge on any atom is -0.341 e. The molecular weight excluding hydrogens is 260 g/mol. The Morgan fingerprint density at radius 3 is 2.47 bits per heavy atom. The molecule has 1 aliphatic heterocycles. The molecule has 1 N–H and O–H groups in total. The van der Waals surface area contributed by atoms with Gasteiger partial charge in [-0.15, -0.1) is 12.4 Å². The van der Waals surface area contributed by atoms with Crippen LogP contribution in [0.25, 0.3) is 0 Å². The normalized spacial score (nSPS) is 23.0. The van der Waals surface area contributed by atoms with Crippen LogP contribution in [-0.2, 0) is 4.79 Å². The third-order valence-corrected chi connectivity index (χ3v) is 4.44. The highest BCUT2D eigenvalue weighted by Crippen LogP contribution is 2.44. The van der Waals surface area contributed by atoms with Crippen molar-refractivity contribution in [3.8, 4) is 0 Å². The van der Waals surface area contributed by atoms with Crippen molar-refractivity contribution in [1.82, 2.24) is 10.2 Å². The molecule has 112 valence electrons. The number of carbonyl (C=O) groups excluding carboxylic acids is 1. The van der Waals surface area contributed by atoms with Crippen LogP contribution in [0.5, 0.6) is 0 Å². The van der Waals surface area contributed by atoms with Crippen molar-refractivity contribution in [2.45, 2.75) is 52.4 Å². The van der Waals surface area contributed by atoms with Crippen LogP contribution in [0.3, 0.4) is 0 Å². The zero-order chi connectivity index (χ0) is 13.0. The monoisotopic (exact) mass is 288 g/mol. The maximum Gasteiger partial charge on any atom is 0.228 e. The molecule has 0 spiro atoms. The molecule has 1 saturated heterocycles. The fourth-order valence-corrected chi connectivity index (χ4v) is 3.72. The Balaban J connectivity index is 0.00000180. The maximum atomic E-state index is 12.9. The van der Waals surface area contributed by atoms with Crippen molar-refractivity contribution in [2.24, 2.45) is 11.3 Å². The summed E-state index contributed by atoms with van der Waals surface area (Å²) in [4.78, 5) is 15.0. The molecule has 0 aromatic carbocycles. The third kappa shape index (κ3) is 4.09. The van der Waals surface area contributed by atoms with Gasteiger partial charge >= 0.3 is 0 Å². The van der Waals surface area contributed by atoms with E-state index in [2.05, 4.69) is 24.1 Å². The van der Waals surface area contributed by atoms with Crippen molar-refractivity contribution in [2.75, 3.05) is 26.2 Å². The van der Waals surface area contributed by atoms with Gasteiger partial charge in [-0.3, -0.25) is 4.79 Å². The Hall–Kier alpha value is -0.280. The van der Waals surface area contributed by atoms with Gasteiger partial charge in [0.15, 0.2) is 0 Å². The second-order valence-electron chi connectivity index (χ2n) is 6.48. The van der Waals surface area contributed by atoms with E-state index in [1.165, 1.54) is 12.8 Å². The number of hydrogen-bond donors (Lipinski definition) is 1. The first-order valence-corrected chi connectivity index (χ1v) is 7.64. The van der Waals surface area contributed by atoms with E-state index in [9.17, 15) is 4.79 Å². The van der Waals surface area contributed by atoms with E-state index >= 15 is 0 Å². The van der Waals surface area contributed by atoms with Crippen LogP contribution < -0.4 is 5.32 Å². The Morgan fingerprint density at radius 2 is 1.84 bits per heavy atom. The Kier molecular flexibility index (Phi) is 6.61. The maximum absolute atomic E-state index is 12.9. The van der Waals surface area contributed by atoms with Gasteiger partial charge in [-0.1, -0.05) is 26.7 Å². The van der Waals surface area contributed by atoms with E-state index in [-0.39, 0.29) is 17.8 Å². The molecule has 0 unspecified atom stereocenters. The number of nitrogens with zero attached hydrogens (tertiary/aromatic N) is 1. The van der Waals surface area contributed by atoms with Crippen molar-refractivity contribution >= 4 is 18.3 Å². The van der Waals surface area contributed by atoms with Gasteiger partial charge < -0.3 is 10.2 Å². The molecule has 0 aromatic heterocycles. The Bertz CT molecular complexity index is 280. The lowest BCUT2D eigenvalue weighted by Crippen LogP contribution is -2.44. The second kappa shape index (κ2) is 7.49. The lowest BCUT2D eigenvalue weighted by atomic mass is 9.77. The van der Waals surface area contributed by atoms with Crippen LogP contribution >= 0.6 is 12.4 Å². The molecule has 2 aliphatic rings. The van der Waals surface area contributed by atoms with Gasteiger partial charge in [-0.05, 0) is 38.1 Å². The third-order valence-electron chi connectivity index (χ3n) is 4.44. The molecule has 4 heteroatoms. The molecule has 0 atom stereocenters. The SMILES string of the molecule is CC(C)CC1(C(=O)N2CCCNCC2)CCCC1.Cl. The van der Waals surface area contributed by atoms with Gasteiger partial charge in [-0.2, -0.15) is 0 Å². The average molecular weight is 289 g/mol. The van der Waals surface area contributed by atoms with E-state index in [1.54, 1.807) is 0 Å². The van der Waals surface area contributed by atoms with Crippen LogP contribution in [0.2, 0.25) is 0 Å². The Morgan fingerprint density at radius 1 is 1.16 bits per heavy atom. The summed E-state index contributed by atoms with van der Waals surface area (Å²) in [7, 11) is 0. The van der Waals surface area contributed by atoms with Gasteiger partial charge in [0.1, 0.15) is 0 Å². The molecule has 1 heterocycles. The van der Waals surface area contributed by atoms with Crippen molar-refractivity contribution in [3.63, 3.8) is 0 Å². The lowest BCUT2D eigenvalue weighted by Gasteiger charge is -2.35. The zero-order valence-corrected chi connectivity index (χ0v) is 13.2. The minimum absolute atomic E-state index is 0. The number of amides is 1. The van der Waals surface area contributed by atoms with E-state index in [4.69, 9.17) is 0 Å². The van der Waals surface area contributed by atoms with Crippen LogP contribution in [0.1, 0.15) is 52.4 Å². The molecule has 2 fully saturated rings. The minimum atomic E-state index is -0.0154. The first kappa shape index (κ1) is 16.8. The van der Waals surface area contributed by atoms with E-state index in [1.807, 2.05) is 0 Å². The number of halogens is 1. The predicted octanol–water partition coefficient (Wildman–Crippen LogP) is 2.84. The highest BCUT2D eigenvalue weighted by Gasteiger charge is 2.43. The van der Waals surface area contributed by atoms with Crippen LogP contribution in [-0.4, -0.2) is 37.0 Å². The van der Waals surface area contributed by atoms with Crippen LogP contribution in [0.15, 0.2) is 0 Å². The summed E-state index contributed by atoms with van der Waals surface area (Å²) in [6.07, 6.45) is 6.90. The summed E-state index contributed by atoms with van der Waals surface area (Å²) in [5.74, 6) is 1.08. The molecule has 1 saturated carbocycles. The van der Waals surface area contributed by atoms with Gasteiger partial charge in [0.2, 0.25) is 5.91 Å². The fourth-order valence-electron chi connectivity index (χ4n) is 3.72. The molecule has 3 nitrogen and oxygen atoms in total. The number of nitrogens with one attached hydrogen (secondary N) is 1. The zero-order valence-electron chi connectivity index (χ0n) is 12.4. The molecule has 0 aromatic rings. The van der Waals surface area contributed by atoms with Crippen molar-refractivity contribution < 1.29 is 4.79 Å². The molecular formula is C15H29ClN2O. The van der Waals surface area contributed by atoms with Crippen molar-refractivity contribution in [1.29, 1.82) is 0 Å². The number of hydrogen-bond acceptors (Lipinski definition) is 2. The summed E-state index contributed by atoms with van der Waals surface area (Å²) in [5.41, 5.74) is -0.0154. The number of rotatable bonds is 3. The van der Waals surface area contributed by atoms with E-state index in [0.29, 0.717) is 11.8 Å². The van der Waals surface area contributed by atoms with Gasteiger partial charge in [0.25, 0.3) is 0 Å². The Labute approximate surface area is 123 Å². The van der Waals surface area contributed by atoms with Crippen molar-refractivity contribution in [3.05, 3.63) is 0 Å².